The average molecular weight is 234 g/mol. The third kappa shape index (κ3) is 3.99. The molecule has 1 N–H and O–H groups in total. The average Bonchev–Trinajstić information content (AvgIpc) is 2.29. The van der Waals surface area contributed by atoms with Crippen LogP contribution in [0.1, 0.15) is 26.7 Å². The van der Waals surface area contributed by atoms with Crippen LogP contribution in [0.3, 0.4) is 0 Å². The van der Waals surface area contributed by atoms with Crippen molar-refractivity contribution >= 4 is 17.5 Å². The van der Waals surface area contributed by atoms with Gasteiger partial charge in [-0.3, -0.25) is 4.79 Å². The maximum atomic E-state index is 11.6. The molecule has 2 atom stereocenters. The number of halogens is 1. The molecular weight excluding hydrogens is 214 g/mol. The predicted molar refractivity (Wildman–Crippen MR) is 61.0 cm³/mol. The summed E-state index contributed by atoms with van der Waals surface area (Å²) in [6.07, 6.45) is 2.08. The molecule has 2 unspecified atom stereocenters. The molecule has 0 aromatic rings. The number of ether oxygens (including phenoxy) is 1. The van der Waals surface area contributed by atoms with E-state index in [4.69, 9.17) is 16.3 Å². The summed E-state index contributed by atoms with van der Waals surface area (Å²) in [5.41, 5.74) is 0. The zero-order chi connectivity index (χ0) is 11.3. The second-order valence-corrected chi connectivity index (χ2v) is 4.61. The fraction of sp³-hybridized carbons (Fsp3) is 0.909. The molecule has 0 aliphatic carbocycles. The lowest BCUT2D eigenvalue weighted by atomic mass is 9.92. The smallest absolute Gasteiger partial charge is 0.224 e. The molecule has 1 aliphatic heterocycles. The maximum absolute atomic E-state index is 11.6. The van der Waals surface area contributed by atoms with Crippen LogP contribution in [0.25, 0.3) is 0 Å². The number of rotatable bonds is 4. The molecule has 1 fully saturated rings. The van der Waals surface area contributed by atoms with E-state index in [0.717, 1.165) is 26.1 Å². The number of amides is 1. The first-order chi connectivity index (χ1) is 7.15. The summed E-state index contributed by atoms with van der Waals surface area (Å²) >= 11 is 5.64. The van der Waals surface area contributed by atoms with Gasteiger partial charge in [0.25, 0.3) is 0 Å². The summed E-state index contributed by atoms with van der Waals surface area (Å²) in [5.74, 6) is 0.884. The molecule has 1 heterocycles. The van der Waals surface area contributed by atoms with E-state index < -0.39 is 0 Å². The Balaban J connectivity index is 2.33. The van der Waals surface area contributed by atoms with Gasteiger partial charge in [0.15, 0.2) is 0 Å². The second kappa shape index (κ2) is 6.33. The highest BCUT2D eigenvalue weighted by atomic mass is 35.5. The van der Waals surface area contributed by atoms with E-state index >= 15 is 0 Å². The number of carbonyl (C=O) groups excluding carboxylic acids is 1. The number of carbonyl (C=O) groups is 1. The van der Waals surface area contributed by atoms with E-state index in [1.54, 1.807) is 0 Å². The van der Waals surface area contributed by atoms with Crippen LogP contribution in [-0.2, 0) is 9.53 Å². The fourth-order valence-electron chi connectivity index (χ4n) is 1.77. The number of hydrogen-bond acceptors (Lipinski definition) is 2. The van der Waals surface area contributed by atoms with Crippen molar-refractivity contribution in [3.8, 4) is 0 Å². The van der Waals surface area contributed by atoms with Crippen LogP contribution in [0.2, 0.25) is 0 Å². The summed E-state index contributed by atoms with van der Waals surface area (Å²) < 4.78 is 5.29. The molecule has 0 radical (unpaired) electrons. The Labute approximate surface area is 96.5 Å². The SMILES string of the molecule is CC(CCl)C(=O)NC(C)C1CCOCC1. The molecule has 4 heteroatoms. The van der Waals surface area contributed by atoms with Gasteiger partial charge in [0, 0.05) is 31.1 Å². The first-order valence-electron chi connectivity index (χ1n) is 5.59. The fourth-order valence-corrected chi connectivity index (χ4v) is 1.91. The number of alkyl halides is 1. The van der Waals surface area contributed by atoms with Gasteiger partial charge >= 0.3 is 0 Å². The molecule has 1 rings (SSSR count). The van der Waals surface area contributed by atoms with E-state index in [0.29, 0.717) is 11.8 Å². The summed E-state index contributed by atoms with van der Waals surface area (Å²) in [4.78, 5) is 11.6. The highest BCUT2D eigenvalue weighted by molar-refractivity contribution is 6.19. The van der Waals surface area contributed by atoms with Gasteiger partial charge in [-0.1, -0.05) is 6.92 Å². The van der Waals surface area contributed by atoms with E-state index in [2.05, 4.69) is 12.2 Å². The third-order valence-electron chi connectivity index (χ3n) is 3.02. The van der Waals surface area contributed by atoms with Gasteiger partial charge in [0.2, 0.25) is 5.91 Å². The Morgan fingerprint density at radius 1 is 1.47 bits per heavy atom. The predicted octanol–water partition coefficient (Wildman–Crippen LogP) is 1.79. The molecule has 0 aromatic carbocycles. The largest absolute Gasteiger partial charge is 0.381 e. The Hall–Kier alpha value is -0.280. The number of hydrogen-bond donors (Lipinski definition) is 1. The molecule has 88 valence electrons. The molecule has 1 aliphatic rings. The Morgan fingerprint density at radius 2 is 2.07 bits per heavy atom. The minimum atomic E-state index is -0.103. The summed E-state index contributed by atoms with van der Waals surface area (Å²) in [5, 5.41) is 3.02. The highest BCUT2D eigenvalue weighted by Crippen LogP contribution is 2.18. The minimum Gasteiger partial charge on any atom is -0.381 e. The Bertz CT molecular complexity index is 205. The van der Waals surface area contributed by atoms with Crippen molar-refractivity contribution in [1.82, 2.24) is 5.32 Å². The topological polar surface area (TPSA) is 38.3 Å². The zero-order valence-electron chi connectivity index (χ0n) is 9.46. The zero-order valence-corrected chi connectivity index (χ0v) is 10.2. The lowest BCUT2D eigenvalue weighted by Crippen LogP contribution is -2.42. The van der Waals surface area contributed by atoms with Crippen LogP contribution in [0.15, 0.2) is 0 Å². The van der Waals surface area contributed by atoms with Crippen molar-refractivity contribution < 1.29 is 9.53 Å². The van der Waals surface area contributed by atoms with E-state index in [9.17, 15) is 4.79 Å². The Kier molecular flexibility index (Phi) is 5.40. The van der Waals surface area contributed by atoms with Crippen molar-refractivity contribution in [3.63, 3.8) is 0 Å². The highest BCUT2D eigenvalue weighted by Gasteiger charge is 2.23. The van der Waals surface area contributed by atoms with Crippen LogP contribution >= 0.6 is 11.6 Å². The van der Waals surface area contributed by atoms with Crippen LogP contribution in [0, 0.1) is 11.8 Å². The lowest BCUT2D eigenvalue weighted by Gasteiger charge is -2.29. The van der Waals surface area contributed by atoms with E-state index in [1.165, 1.54) is 0 Å². The molecular formula is C11H20ClNO2. The minimum absolute atomic E-state index is 0.0593. The molecule has 1 saturated heterocycles. The Morgan fingerprint density at radius 3 is 2.60 bits per heavy atom. The van der Waals surface area contributed by atoms with Crippen LogP contribution in [0.5, 0.6) is 0 Å². The van der Waals surface area contributed by atoms with Gasteiger partial charge < -0.3 is 10.1 Å². The van der Waals surface area contributed by atoms with Gasteiger partial charge in [0.05, 0.1) is 0 Å². The monoisotopic (exact) mass is 233 g/mol. The van der Waals surface area contributed by atoms with E-state index in [1.807, 2.05) is 6.92 Å². The summed E-state index contributed by atoms with van der Waals surface area (Å²) in [6.45, 7) is 5.54. The molecule has 15 heavy (non-hydrogen) atoms. The maximum Gasteiger partial charge on any atom is 0.224 e. The second-order valence-electron chi connectivity index (χ2n) is 4.30. The van der Waals surface area contributed by atoms with Crippen LogP contribution < -0.4 is 5.32 Å². The van der Waals surface area contributed by atoms with Crippen molar-refractivity contribution in [3.05, 3.63) is 0 Å². The summed E-state index contributed by atoms with van der Waals surface area (Å²) in [7, 11) is 0. The molecule has 0 spiro atoms. The normalized spacial score (nSPS) is 22.1. The van der Waals surface area contributed by atoms with Crippen molar-refractivity contribution in [2.75, 3.05) is 19.1 Å². The van der Waals surface area contributed by atoms with Crippen molar-refractivity contribution in [2.24, 2.45) is 11.8 Å². The van der Waals surface area contributed by atoms with Crippen molar-refractivity contribution in [1.29, 1.82) is 0 Å². The molecule has 3 nitrogen and oxygen atoms in total. The van der Waals surface area contributed by atoms with E-state index in [-0.39, 0.29) is 17.9 Å². The van der Waals surface area contributed by atoms with Gasteiger partial charge in [-0.05, 0) is 25.7 Å². The quantitative estimate of drug-likeness (QED) is 0.752. The van der Waals surface area contributed by atoms with Crippen LogP contribution in [0.4, 0.5) is 0 Å². The standard InChI is InChI=1S/C11H20ClNO2/c1-8(7-12)11(14)13-9(2)10-3-5-15-6-4-10/h8-10H,3-7H2,1-2H3,(H,13,14). The molecule has 0 saturated carbocycles. The first-order valence-corrected chi connectivity index (χ1v) is 6.12. The molecule has 1 amide bonds. The van der Waals surface area contributed by atoms with Gasteiger partial charge in [-0.15, -0.1) is 11.6 Å². The van der Waals surface area contributed by atoms with Crippen LogP contribution in [-0.4, -0.2) is 31.0 Å². The molecule has 0 aromatic heterocycles. The lowest BCUT2D eigenvalue weighted by molar-refractivity contribution is -0.125. The summed E-state index contributed by atoms with van der Waals surface area (Å²) in [6, 6.07) is 0.229. The first kappa shape index (κ1) is 12.8. The number of nitrogens with one attached hydrogen (secondary N) is 1. The van der Waals surface area contributed by atoms with Gasteiger partial charge in [-0.2, -0.15) is 0 Å². The van der Waals surface area contributed by atoms with Crippen molar-refractivity contribution in [2.45, 2.75) is 32.7 Å². The molecule has 0 bridgehead atoms. The third-order valence-corrected chi connectivity index (χ3v) is 3.48. The van der Waals surface area contributed by atoms with Gasteiger partial charge in [0.1, 0.15) is 0 Å². The van der Waals surface area contributed by atoms with Gasteiger partial charge in [-0.25, -0.2) is 0 Å².